The number of fused-ring (bicyclic) bond motifs is 1. The number of nitrogens with zero attached hydrogens (tertiary/aromatic N) is 2. The quantitative estimate of drug-likeness (QED) is 0.860. The summed E-state index contributed by atoms with van der Waals surface area (Å²) in [5.74, 6) is 1.15. The van der Waals surface area contributed by atoms with Crippen LogP contribution in [0.25, 0.3) is 0 Å². The predicted octanol–water partition coefficient (Wildman–Crippen LogP) is 2.85. The summed E-state index contributed by atoms with van der Waals surface area (Å²) in [5, 5.41) is 7.33. The van der Waals surface area contributed by atoms with Gasteiger partial charge in [0.2, 0.25) is 5.91 Å². The summed E-state index contributed by atoms with van der Waals surface area (Å²) in [6, 6.07) is 8.68. The van der Waals surface area contributed by atoms with Crippen LogP contribution >= 0.6 is 11.3 Å². The van der Waals surface area contributed by atoms with E-state index in [9.17, 15) is 4.79 Å². The van der Waals surface area contributed by atoms with Crippen LogP contribution in [0.2, 0.25) is 0 Å². The number of ether oxygens (including phenoxy) is 1. The molecule has 1 aromatic heterocycles. The number of benzene rings is 1. The van der Waals surface area contributed by atoms with Crippen molar-refractivity contribution >= 4 is 17.2 Å². The molecule has 1 N–H and O–H groups in total. The molecule has 6 heteroatoms. The fourth-order valence-corrected chi connectivity index (χ4v) is 4.67. The second-order valence-corrected chi connectivity index (χ2v) is 8.10. The van der Waals surface area contributed by atoms with Gasteiger partial charge in [-0.15, -0.1) is 0 Å². The predicted molar refractivity (Wildman–Crippen MR) is 108 cm³/mol. The van der Waals surface area contributed by atoms with Crippen LogP contribution in [-0.4, -0.2) is 48.0 Å². The zero-order chi connectivity index (χ0) is 18.6. The number of amides is 1. The molecule has 0 radical (unpaired) electrons. The van der Waals surface area contributed by atoms with E-state index in [-0.39, 0.29) is 11.9 Å². The van der Waals surface area contributed by atoms with Gasteiger partial charge in [0.15, 0.2) is 0 Å². The zero-order valence-electron chi connectivity index (χ0n) is 15.8. The number of nitrogens with one attached hydrogen (secondary N) is 1. The highest BCUT2D eigenvalue weighted by molar-refractivity contribution is 7.07. The molecule has 1 aromatic carbocycles. The smallest absolute Gasteiger partial charge is 0.237 e. The van der Waals surface area contributed by atoms with Gasteiger partial charge in [0, 0.05) is 44.8 Å². The van der Waals surface area contributed by atoms with Gasteiger partial charge in [-0.2, -0.15) is 11.3 Å². The lowest BCUT2D eigenvalue weighted by Crippen LogP contribution is -2.54. The molecular formula is C21H27N3O2S. The minimum absolute atomic E-state index is 0.0242. The monoisotopic (exact) mass is 385 g/mol. The van der Waals surface area contributed by atoms with Crippen molar-refractivity contribution in [3.8, 4) is 5.75 Å². The molecule has 0 saturated carbocycles. The van der Waals surface area contributed by atoms with E-state index in [0.29, 0.717) is 0 Å². The summed E-state index contributed by atoms with van der Waals surface area (Å²) >= 11 is 1.75. The normalized spacial score (nSPS) is 21.2. The molecule has 2 aliphatic rings. The van der Waals surface area contributed by atoms with Crippen molar-refractivity contribution < 1.29 is 9.53 Å². The highest BCUT2D eigenvalue weighted by Crippen LogP contribution is 2.26. The third kappa shape index (κ3) is 4.34. The molecule has 1 amide bonds. The summed E-state index contributed by atoms with van der Waals surface area (Å²) in [6.07, 6.45) is 0.842. The van der Waals surface area contributed by atoms with E-state index in [1.807, 2.05) is 0 Å². The molecule has 1 saturated heterocycles. The molecule has 2 aliphatic heterocycles. The molecule has 0 bridgehead atoms. The summed E-state index contributed by atoms with van der Waals surface area (Å²) in [6.45, 7) is 8.04. The number of rotatable bonds is 5. The topological polar surface area (TPSA) is 44.8 Å². The van der Waals surface area contributed by atoms with Crippen LogP contribution in [0.1, 0.15) is 30.0 Å². The van der Waals surface area contributed by atoms with Crippen LogP contribution in [0, 0.1) is 0 Å². The number of carbonyl (C=O) groups is 1. The third-order valence-electron chi connectivity index (χ3n) is 5.38. The molecule has 1 atom stereocenters. The Kier molecular flexibility index (Phi) is 5.76. The van der Waals surface area contributed by atoms with E-state index < -0.39 is 0 Å². The first-order valence-corrected chi connectivity index (χ1v) is 10.7. The van der Waals surface area contributed by atoms with E-state index in [1.165, 1.54) is 16.7 Å². The van der Waals surface area contributed by atoms with E-state index in [4.69, 9.17) is 4.74 Å². The largest absolute Gasteiger partial charge is 0.492 e. The molecule has 27 heavy (non-hydrogen) atoms. The van der Waals surface area contributed by atoms with E-state index >= 15 is 0 Å². The highest BCUT2D eigenvalue weighted by atomic mass is 32.1. The maximum absolute atomic E-state index is 12.1. The first kappa shape index (κ1) is 18.5. The minimum atomic E-state index is -0.0242. The van der Waals surface area contributed by atoms with Crippen LogP contribution < -0.4 is 10.1 Å². The molecule has 1 unspecified atom stereocenters. The molecule has 5 nitrogen and oxygen atoms in total. The first-order chi connectivity index (χ1) is 13.2. The van der Waals surface area contributed by atoms with Crippen molar-refractivity contribution in [1.82, 2.24) is 15.1 Å². The van der Waals surface area contributed by atoms with Crippen LogP contribution in [0.5, 0.6) is 5.75 Å². The van der Waals surface area contributed by atoms with Crippen molar-refractivity contribution in [2.45, 2.75) is 39.0 Å². The van der Waals surface area contributed by atoms with Gasteiger partial charge in [-0.3, -0.25) is 14.6 Å². The molecule has 0 aliphatic carbocycles. The number of piperazine rings is 1. The Labute approximate surface area is 164 Å². The van der Waals surface area contributed by atoms with Gasteiger partial charge in [-0.1, -0.05) is 13.0 Å². The molecule has 1 fully saturated rings. The maximum atomic E-state index is 12.1. The van der Waals surface area contributed by atoms with Gasteiger partial charge in [-0.25, -0.2) is 0 Å². The number of thiophene rings is 1. The van der Waals surface area contributed by atoms with Crippen molar-refractivity contribution in [1.29, 1.82) is 0 Å². The van der Waals surface area contributed by atoms with Crippen LogP contribution in [0.4, 0.5) is 0 Å². The zero-order valence-corrected chi connectivity index (χ0v) is 16.6. The summed E-state index contributed by atoms with van der Waals surface area (Å²) in [7, 11) is 0. The average molecular weight is 386 g/mol. The standard InChI is InChI=1S/C21H27N3O2S/c1-2-19-21(25)22-6-7-24(19)13-16-3-4-20-18(11-16)14-23(8-9-26-20)12-17-5-10-27-15-17/h3-5,10-11,15,19H,2,6-9,12-14H2,1H3,(H,22,25). The molecule has 2 aromatic rings. The molecule has 0 spiro atoms. The Morgan fingerprint density at radius 2 is 2.15 bits per heavy atom. The van der Waals surface area contributed by atoms with Gasteiger partial charge in [0.1, 0.15) is 12.4 Å². The third-order valence-corrected chi connectivity index (χ3v) is 6.12. The maximum Gasteiger partial charge on any atom is 0.237 e. The first-order valence-electron chi connectivity index (χ1n) is 9.72. The van der Waals surface area contributed by atoms with Gasteiger partial charge < -0.3 is 10.1 Å². The number of hydrogen-bond donors (Lipinski definition) is 1. The fraction of sp³-hybridized carbons (Fsp3) is 0.476. The molecule has 4 rings (SSSR count). The molecular weight excluding hydrogens is 358 g/mol. The van der Waals surface area contributed by atoms with Crippen molar-refractivity contribution in [2.75, 3.05) is 26.2 Å². The second kappa shape index (κ2) is 8.42. The minimum Gasteiger partial charge on any atom is -0.492 e. The summed E-state index contributed by atoms with van der Waals surface area (Å²) in [4.78, 5) is 16.9. The Morgan fingerprint density at radius 1 is 1.22 bits per heavy atom. The van der Waals surface area contributed by atoms with Crippen LogP contribution in [0.3, 0.4) is 0 Å². The summed E-state index contributed by atoms with van der Waals surface area (Å²) in [5.41, 5.74) is 3.86. The fourth-order valence-electron chi connectivity index (χ4n) is 4.01. The van der Waals surface area contributed by atoms with Gasteiger partial charge in [0.25, 0.3) is 0 Å². The van der Waals surface area contributed by atoms with Crippen molar-refractivity contribution in [3.05, 3.63) is 51.7 Å². The Morgan fingerprint density at radius 3 is 2.96 bits per heavy atom. The lowest BCUT2D eigenvalue weighted by molar-refractivity contribution is -0.129. The van der Waals surface area contributed by atoms with Gasteiger partial charge in [0.05, 0.1) is 6.04 Å². The Balaban J connectivity index is 1.48. The lowest BCUT2D eigenvalue weighted by Gasteiger charge is -2.34. The van der Waals surface area contributed by atoms with E-state index in [0.717, 1.165) is 58.0 Å². The highest BCUT2D eigenvalue weighted by Gasteiger charge is 2.28. The van der Waals surface area contributed by atoms with E-state index in [1.54, 1.807) is 11.3 Å². The second-order valence-electron chi connectivity index (χ2n) is 7.32. The van der Waals surface area contributed by atoms with Crippen molar-refractivity contribution in [2.24, 2.45) is 0 Å². The molecule has 144 valence electrons. The Bertz CT molecular complexity index is 778. The number of hydrogen-bond acceptors (Lipinski definition) is 5. The van der Waals surface area contributed by atoms with Crippen LogP contribution in [-0.2, 0) is 24.4 Å². The number of carbonyl (C=O) groups excluding carboxylic acids is 1. The van der Waals surface area contributed by atoms with Crippen molar-refractivity contribution in [3.63, 3.8) is 0 Å². The molecule has 3 heterocycles. The lowest BCUT2D eigenvalue weighted by atomic mass is 10.1. The van der Waals surface area contributed by atoms with Crippen LogP contribution in [0.15, 0.2) is 35.0 Å². The van der Waals surface area contributed by atoms with Gasteiger partial charge >= 0.3 is 0 Å². The average Bonchev–Trinajstić information content (AvgIpc) is 3.08. The SMILES string of the molecule is CCC1C(=O)NCCN1Cc1ccc2c(c1)CN(Cc1ccsc1)CCO2. The van der Waals surface area contributed by atoms with Gasteiger partial charge in [-0.05, 0) is 46.5 Å². The van der Waals surface area contributed by atoms with E-state index in [2.05, 4.69) is 57.1 Å². The summed E-state index contributed by atoms with van der Waals surface area (Å²) < 4.78 is 5.99. The Hall–Kier alpha value is -1.89.